The molecule has 0 aromatic heterocycles. The normalized spacial score (nSPS) is 11.0. The zero-order valence-electron chi connectivity index (χ0n) is 13.7. The van der Waals surface area contributed by atoms with Crippen LogP contribution >= 0.6 is 12.2 Å². The van der Waals surface area contributed by atoms with Crippen molar-refractivity contribution in [1.82, 2.24) is 4.90 Å². The van der Waals surface area contributed by atoms with E-state index in [2.05, 4.69) is 5.32 Å². The average molecular weight is 368 g/mol. The summed E-state index contributed by atoms with van der Waals surface area (Å²) in [4.78, 5) is 1.10. The number of anilines is 1. The molecule has 0 aliphatic carbocycles. The second kappa shape index (κ2) is 8.71. The zero-order valence-corrected chi connectivity index (χ0v) is 14.5. The van der Waals surface area contributed by atoms with Crippen molar-refractivity contribution in [2.24, 2.45) is 0 Å². The molecule has 0 aliphatic rings. The lowest BCUT2D eigenvalue weighted by Crippen LogP contribution is -2.40. The van der Waals surface area contributed by atoms with Crippen LogP contribution < -0.4 is 10.1 Å². The maximum Gasteiger partial charge on any atom is 0.406 e. The Kier molecular flexibility index (Phi) is 6.64. The van der Waals surface area contributed by atoms with Crippen molar-refractivity contribution in [3.63, 3.8) is 0 Å². The Hall–Kier alpha value is -2.28. The molecule has 0 spiro atoms. The van der Waals surface area contributed by atoms with Gasteiger partial charge in [0.05, 0.1) is 6.61 Å². The van der Waals surface area contributed by atoms with Crippen molar-refractivity contribution in [1.29, 1.82) is 0 Å². The monoisotopic (exact) mass is 368 g/mol. The summed E-state index contributed by atoms with van der Waals surface area (Å²) >= 11 is 5.19. The van der Waals surface area contributed by atoms with Crippen LogP contribution in [0.5, 0.6) is 5.75 Å². The minimum absolute atomic E-state index is 0.0188. The molecule has 0 saturated carbocycles. The molecule has 2 aromatic carbocycles. The number of hydrogen-bond acceptors (Lipinski definition) is 2. The molecule has 0 amide bonds. The molecule has 134 valence electrons. The summed E-state index contributed by atoms with van der Waals surface area (Å²) in [7, 11) is 0. The van der Waals surface area contributed by atoms with Gasteiger partial charge in [0, 0.05) is 12.2 Å². The van der Waals surface area contributed by atoms with Crippen LogP contribution in [0.2, 0.25) is 0 Å². The van der Waals surface area contributed by atoms with Crippen LogP contribution in [-0.4, -0.2) is 29.3 Å². The van der Waals surface area contributed by atoms with E-state index in [4.69, 9.17) is 17.0 Å². The minimum Gasteiger partial charge on any atom is -0.494 e. The van der Waals surface area contributed by atoms with Crippen molar-refractivity contribution in [2.75, 3.05) is 18.5 Å². The topological polar surface area (TPSA) is 24.5 Å². The lowest BCUT2D eigenvalue weighted by molar-refractivity contribution is -0.138. The Morgan fingerprint density at radius 3 is 2.28 bits per heavy atom. The molecule has 7 heteroatoms. The van der Waals surface area contributed by atoms with E-state index in [1.54, 1.807) is 48.5 Å². The number of hydrogen-bond donors (Lipinski definition) is 1. The van der Waals surface area contributed by atoms with Crippen LogP contribution in [0, 0.1) is 0 Å². The second-order valence-electron chi connectivity index (χ2n) is 5.34. The first-order chi connectivity index (χ1) is 11.9. The van der Waals surface area contributed by atoms with Gasteiger partial charge in [-0.1, -0.05) is 30.3 Å². The highest BCUT2D eigenvalue weighted by Crippen LogP contribution is 2.20. The molecule has 0 fully saturated rings. The maximum atomic E-state index is 12.9. The summed E-state index contributed by atoms with van der Waals surface area (Å²) in [5.74, 6) is 0.690. The van der Waals surface area contributed by atoms with Crippen LogP contribution in [-0.2, 0) is 6.54 Å². The molecule has 0 radical (unpaired) electrons. The maximum absolute atomic E-state index is 12.9. The van der Waals surface area contributed by atoms with E-state index in [9.17, 15) is 13.2 Å². The molecule has 0 atom stereocenters. The molecule has 2 aromatic rings. The molecule has 0 unspecified atom stereocenters. The zero-order chi connectivity index (χ0) is 18.3. The third-order valence-electron chi connectivity index (χ3n) is 3.29. The standard InChI is InChI=1S/C18H19F3N2OS/c1-2-24-16-10-8-15(9-11-16)22-17(25)23(13-18(19,20)21)12-14-6-4-3-5-7-14/h3-11H,2,12-13H2,1H3,(H,22,25). The summed E-state index contributed by atoms with van der Waals surface area (Å²) in [6, 6.07) is 15.8. The quantitative estimate of drug-likeness (QED) is 0.737. The first-order valence-corrected chi connectivity index (χ1v) is 8.17. The van der Waals surface area contributed by atoms with Gasteiger partial charge in [-0.3, -0.25) is 0 Å². The number of nitrogens with zero attached hydrogens (tertiary/aromatic N) is 1. The van der Waals surface area contributed by atoms with Gasteiger partial charge in [0.1, 0.15) is 12.3 Å². The highest BCUT2D eigenvalue weighted by atomic mass is 32.1. The molecule has 25 heavy (non-hydrogen) atoms. The van der Waals surface area contributed by atoms with E-state index in [0.29, 0.717) is 18.0 Å². The predicted molar refractivity (Wildman–Crippen MR) is 96.7 cm³/mol. The lowest BCUT2D eigenvalue weighted by atomic mass is 10.2. The van der Waals surface area contributed by atoms with Crippen molar-refractivity contribution in [2.45, 2.75) is 19.6 Å². The van der Waals surface area contributed by atoms with Crippen LogP contribution in [0.4, 0.5) is 18.9 Å². The number of alkyl halides is 3. The summed E-state index contributed by atoms with van der Waals surface area (Å²) in [6.45, 7) is 1.37. The molecule has 0 aliphatic heterocycles. The Morgan fingerprint density at radius 1 is 1.08 bits per heavy atom. The van der Waals surface area contributed by atoms with E-state index >= 15 is 0 Å². The second-order valence-corrected chi connectivity index (χ2v) is 5.73. The predicted octanol–water partition coefficient (Wildman–Crippen LogP) is 4.85. The molecule has 2 rings (SSSR count). The number of nitrogens with one attached hydrogen (secondary N) is 1. The summed E-state index contributed by atoms with van der Waals surface area (Å²) < 4.78 is 44.0. The third kappa shape index (κ3) is 6.62. The van der Waals surface area contributed by atoms with Crippen molar-refractivity contribution < 1.29 is 17.9 Å². The minimum atomic E-state index is -4.35. The fourth-order valence-corrected chi connectivity index (χ4v) is 2.47. The SMILES string of the molecule is CCOc1ccc(NC(=S)N(Cc2ccccc2)CC(F)(F)F)cc1. The van der Waals surface area contributed by atoms with Gasteiger partial charge < -0.3 is 15.0 Å². The smallest absolute Gasteiger partial charge is 0.406 e. The first-order valence-electron chi connectivity index (χ1n) is 7.77. The van der Waals surface area contributed by atoms with Gasteiger partial charge in [0.25, 0.3) is 0 Å². The molecular formula is C18H19F3N2OS. The molecule has 0 saturated heterocycles. The Morgan fingerprint density at radius 2 is 1.72 bits per heavy atom. The molecule has 0 bridgehead atoms. The van der Waals surface area contributed by atoms with Crippen LogP contribution in [0.15, 0.2) is 54.6 Å². The number of halogens is 3. The van der Waals surface area contributed by atoms with E-state index < -0.39 is 12.7 Å². The van der Waals surface area contributed by atoms with E-state index in [1.807, 2.05) is 13.0 Å². The third-order valence-corrected chi connectivity index (χ3v) is 3.65. The Bertz CT molecular complexity index is 675. The van der Waals surface area contributed by atoms with Gasteiger partial charge in [-0.05, 0) is 49.0 Å². The van der Waals surface area contributed by atoms with Crippen LogP contribution in [0.1, 0.15) is 12.5 Å². The Balaban J connectivity index is 2.08. The van der Waals surface area contributed by atoms with Crippen LogP contribution in [0.3, 0.4) is 0 Å². The number of rotatable bonds is 6. The Labute approximate surface area is 150 Å². The van der Waals surface area contributed by atoms with Gasteiger partial charge >= 0.3 is 6.18 Å². The summed E-state index contributed by atoms with van der Waals surface area (Å²) in [6.07, 6.45) is -4.35. The van der Waals surface area contributed by atoms with E-state index in [0.717, 1.165) is 10.5 Å². The van der Waals surface area contributed by atoms with Crippen LogP contribution in [0.25, 0.3) is 0 Å². The van der Waals surface area contributed by atoms with Gasteiger partial charge in [0.15, 0.2) is 5.11 Å². The molecule has 3 nitrogen and oxygen atoms in total. The van der Waals surface area contributed by atoms with Gasteiger partial charge in [0.2, 0.25) is 0 Å². The lowest BCUT2D eigenvalue weighted by Gasteiger charge is -2.27. The van der Waals surface area contributed by atoms with Gasteiger partial charge in [-0.15, -0.1) is 0 Å². The first kappa shape index (κ1) is 19.1. The highest BCUT2D eigenvalue weighted by Gasteiger charge is 2.32. The van der Waals surface area contributed by atoms with Crippen molar-refractivity contribution in [3.8, 4) is 5.75 Å². The van der Waals surface area contributed by atoms with Crippen molar-refractivity contribution >= 4 is 23.0 Å². The summed E-state index contributed by atoms with van der Waals surface area (Å²) in [5, 5.41) is 2.87. The number of benzene rings is 2. The molecule has 0 heterocycles. The average Bonchev–Trinajstić information content (AvgIpc) is 2.56. The largest absolute Gasteiger partial charge is 0.494 e. The number of thiocarbonyl (C=S) groups is 1. The summed E-state index contributed by atoms with van der Waals surface area (Å²) in [5.41, 5.74) is 1.36. The number of ether oxygens (including phenoxy) is 1. The van der Waals surface area contributed by atoms with E-state index in [-0.39, 0.29) is 11.7 Å². The fourth-order valence-electron chi connectivity index (χ4n) is 2.22. The molecular weight excluding hydrogens is 349 g/mol. The highest BCUT2D eigenvalue weighted by molar-refractivity contribution is 7.80. The molecule has 1 N–H and O–H groups in total. The fraction of sp³-hybridized carbons (Fsp3) is 0.278. The van der Waals surface area contributed by atoms with Gasteiger partial charge in [-0.25, -0.2) is 0 Å². The van der Waals surface area contributed by atoms with E-state index in [1.165, 1.54) is 0 Å². The van der Waals surface area contributed by atoms with Gasteiger partial charge in [-0.2, -0.15) is 13.2 Å². The van der Waals surface area contributed by atoms with Crippen molar-refractivity contribution in [3.05, 3.63) is 60.2 Å².